The molecular weight excluding hydrogens is 334 g/mol. The molecule has 7 nitrogen and oxygen atoms in total. The third kappa shape index (κ3) is 3.72. The molecule has 0 spiro atoms. The van der Waals surface area contributed by atoms with Gasteiger partial charge in [-0.3, -0.25) is 14.9 Å². The average Bonchev–Trinajstić information content (AvgIpc) is 2.66. The monoisotopic (exact) mass is 351 g/mol. The Labute approximate surface area is 149 Å². The molecule has 0 radical (unpaired) electrons. The van der Waals surface area contributed by atoms with Crippen LogP contribution in [0.1, 0.15) is 10.4 Å². The van der Waals surface area contributed by atoms with Crippen molar-refractivity contribution in [1.29, 1.82) is 0 Å². The SMILES string of the molecule is O=C(NCCNc1ccc([N+](=O)[O-])cc1)c1ccc2ccccc2c1O. The number of nitrogens with zero attached hydrogens (tertiary/aromatic N) is 1. The molecule has 0 aliphatic carbocycles. The Morgan fingerprint density at radius 3 is 2.46 bits per heavy atom. The van der Waals surface area contributed by atoms with Crippen molar-refractivity contribution in [1.82, 2.24) is 5.32 Å². The van der Waals surface area contributed by atoms with Crippen molar-refractivity contribution >= 4 is 28.1 Å². The highest BCUT2D eigenvalue weighted by atomic mass is 16.6. The van der Waals surface area contributed by atoms with E-state index in [0.29, 0.717) is 18.5 Å². The number of carbonyl (C=O) groups excluding carboxylic acids is 1. The number of anilines is 1. The Kier molecular flexibility index (Phi) is 4.98. The zero-order valence-electron chi connectivity index (χ0n) is 13.8. The van der Waals surface area contributed by atoms with E-state index in [0.717, 1.165) is 11.1 Å². The second-order valence-electron chi connectivity index (χ2n) is 5.67. The first-order valence-electron chi connectivity index (χ1n) is 8.03. The minimum atomic E-state index is -0.458. The van der Waals surface area contributed by atoms with Crippen molar-refractivity contribution in [3.8, 4) is 5.75 Å². The van der Waals surface area contributed by atoms with Gasteiger partial charge >= 0.3 is 0 Å². The summed E-state index contributed by atoms with van der Waals surface area (Å²) in [5.74, 6) is -0.400. The second kappa shape index (κ2) is 7.52. The third-order valence-electron chi connectivity index (χ3n) is 3.96. The van der Waals surface area contributed by atoms with Crippen LogP contribution in [0, 0.1) is 10.1 Å². The number of carbonyl (C=O) groups is 1. The van der Waals surface area contributed by atoms with E-state index in [2.05, 4.69) is 10.6 Å². The lowest BCUT2D eigenvalue weighted by Crippen LogP contribution is -2.28. The van der Waals surface area contributed by atoms with E-state index in [1.165, 1.54) is 12.1 Å². The summed E-state index contributed by atoms with van der Waals surface area (Å²) in [6.07, 6.45) is 0. The number of hydrogen-bond donors (Lipinski definition) is 3. The number of hydrogen-bond acceptors (Lipinski definition) is 5. The smallest absolute Gasteiger partial charge is 0.269 e. The fourth-order valence-electron chi connectivity index (χ4n) is 2.62. The molecule has 0 fully saturated rings. The summed E-state index contributed by atoms with van der Waals surface area (Å²) in [7, 11) is 0. The van der Waals surface area contributed by atoms with E-state index >= 15 is 0 Å². The molecule has 0 aliphatic heterocycles. The van der Waals surface area contributed by atoms with Crippen molar-refractivity contribution in [2.24, 2.45) is 0 Å². The topological polar surface area (TPSA) is 104 Å². The van der Waals surface area contributed by atoms with Gasteiger partial charge in [0.25, 0.3) is 11.6 Å². The lowest BCUT2D eigenvalue weighted by molar-refractivity contribution is -0.384. The van der Waals surface area contributed by atoms with Gasteiger partial charge in [-0.2, -0.15) is 0 Å². The summed E-state index contributed by atoms with van der Waals surface area (Å²) >= 11 is 0. The molecule has 3 aromatic carbocycles. The number of nitro benzene ring substituents is 1. The molecule has 0 bridgehead atoms. The number of phenolic OH excluding ortho intramolecular Hbond substituents is 1. The molecule has 1 amide bonds. The van der Waals surface area contributed by atoms with Crippen LogP contribution >= 0.6 is 0 Å². The molecule has 3 aromatic rings. The summed E-state index contributed by atoms with van der Waals surface area (Å²) in [5, 5.41) is 28.2. The van der Waals surface area contributed by atoms with Gasteiger partial charge in [-0.15, -0.1) is 0 Å². The highest BCUT2D eigenvalue weighted by Crippen LogP contribution is 2.28. The molecule has 0 saturated heterocycles. The van der Waals surface area contributed by atoms with Crippen molar-refractivity contribution in [2.75, 3.05) is 18.4 Å². The van der Waals surface area contributed by atoms with Crippen LogP contribution in [0.25, 0.3) is 10.8 Å². The molecule has 0 heterocycles. The maximum atomic E-state index is 12.3. The Bertz CT molecular complexity index is 955. The number of phenols is 1. The number of amides is 1. The number of nitro groups is 1. The molecular formula is C19H17N3O4. The second-order valence-corrected chi connectivity index (χ2v) is 5.67. The van der Waals surface area contributed by atoms with Crippen molar-refractivity contribution in [3.05, 3.63) is 76.3 Å². The Hall–Kier alpha value is -3.61. The summed E-state index contributed by atoms with van der Waals surface area (Å²) in [4.78, 5) is 22.4. The standard InChI is InChI=1S/C19H17N3O4/c23-18-16-4-2-1-3-13(16)5-10-17(18)19(24)21-12-11-20-14-6-8-15(9-7-14)22(25)26/h1-10,20,23H,11-12H2,(H,21,24). The minimum Gasteiger partial charge on any atom is -0.506 e. The van der Waals surface area contributed by atoms with Gasteiger partial charge in [0.2, 0.25) is 0 Å². The lowest BCUT2D eigenvalue weighted by atomic mass is 10.0. The molecule has 0 atom stereocenters. The van der Waals surface area contributed by atoms with Gasteiger partial charge in [0.05, 0.1) is 10.5 Å². The van der Waals surface area contributed by atoms with Gasteiger partial charge in [-0.25, -0.2) is 0 Å². The van der Waals surface area contributed by atoms with Gasteiger partial charge in [-0.05, 0) is 23.6 Å². The van der Waals surface area contributed by atoms with Gasteiger partial charge < -0.3 is 15.7 Å². The Morgan fingerprint density at radius 2 is 1.73 bits per heavy atom. The molecule has 0 saturated carbocycles. The fourth-order valence-corrected chi connectivity index (χ4v) is 2.62. The quantitative estimate of drug-likeness (QED) is 0.359. The lowest BCUT2D eigenvalue weighted by Gasteiger charge is -2.10. The van der Waals surface area contributed by atoms with Gasteiger partial charge in [0.15, 0.2) is 0 Å². The zero-order valence-corrected chi connectivity index (χ0v) is 13.8. The zero-order chi connectivity index (χ0) is 18.5. The van der Waals surface area contributed by atoms with Gasteiger partial charge in [0, 0.05) is 36.3 Å². The summed E-state index contributed by atoms with van der Waals surface area (Å²) in [5.41, 5.74) is 0.966. The predicted octanol–water partition coefficient (Wildman–Crippen LogP) is 3.30. The molecule has 0 aliphatic rings. The first-order valence-corrected chi connectivity index (χ1v) is 8.03. The molecule has 3 rings (SSSR count). The Morgan fingerprint density at radius 1 is 1.00 bits per heavy atom. The molecule has 7 heteroatoms. The van der Waals surface area contributed by atoms with E-state index in [9.17, 15) is 20.0 Å². The van der Waals surface area contributed by atoms with Gasteiger partial charge in [0.1, 0.15) is 5.75 Å². The van der Waals surface area contributed by atoms with Crippen molar-refractivity contribution < 1.29 is 14.8 Å². The molecule has 132 valence electrons. The average molecular weight is 351 g/mol. The first kappa shape index (κ1) is 17.2. The number of non-ortho nitro benzene ring substituents is 1. The largest absolute Gasteiger partial charge is 0.506 e. The maximum absolute atomic E-state index is 12.3. The highest BCUT2D eigenvalue weighted by Gasteiger charge is 2.13. The van der Waals surface area contributed by atoms with Gasteiger partial charge in [-0.1, -0.05) is 30.3 Å². The van der Waals surface area contributed by atoms with Crippen LogP contribution in [0.5, 0.6) is 5.75 Å². The van der Waals surface area contributed by atoms with Crippen molar-refractivity contribution in [3.63, 3.8) is 0 Å². The number of benzene rings is 3. The summed E-state index contributed by atoms with van der Waals surface area (Å²) < 4.78 is 0. The summed E-state index contributed by atoms with van der Waals surface area (Å²) in [6.45, 7) is 0.778. The third-order valence-corrected chi connectivity index (χ3v) is 3.96. The maximum Gasteiger partial charge on any atom is 0.269 e. The van der Waals surface area contributed by atoms with E-state index in [4.69, 9.17) is 0 Å². The van der Waals surface area contributed by atoms with E-state index in [-0.39, 0.29) is 22.9 Å². The van der Waals surface area contributed by atoms with Crippen LogP contribution in [-0.4, -0.2) is 29.0 Å². The normalized spacial score (nSPS) is 10.5. The minimum absolute atomic E-state index is 0.0237. The number of aromatic hydroxyl groups is 1. The Balaban J connectivity index is 1.56. The molecule has 0 aromatic heterocycles. The number of nitrogens with one attached hydrogen (secondary N) is 2. The van der Waals surface area contributed by atoms with E-state index < -0.39 is 4.92 Å². The number of rotatable bonds is 6. The van der Waals surface area contributed by atoms with Crippen LogP contribution < -0.4 is 10.6 Å². The molecule has 26 heavy (non-hydrogen) atoms. The van der Waals surface area contributed by atoms with Crippen LogP contribution in [0.15, 0.2) is 60.7 Å². The highest BCUT2D eigenvalue weighted by molar-refractivity contribution is 6.03. The van der Waals surface area contributed by atoms with Crippen LogP contribution in [0.2, 0.25) is 0 Å². The molecule has 3 N–H and O–H groups in total. The summed E-state index contributed by atoms with van der Waals surface area (Å²) in [6, 6.07) is 16.7. The van der Waals surface area contributed by atoms with E-state index in [1.54, 1.807) is 36.4 Å². The number of fused-ring (bicyclic) bond motifs is 1. The predicted molar refractivity (Wildman–Crippen MR) is 99.5 cm³/mol. The van der Waals surface area contributed by atoms with Crippen LogP contribution in [-0.2, 0) is 0 Å². The first-order chi connectivity index (χ1) is 12.6. The fraction of sp³-hybridized carbons (Fsp3) is 0.105. The molecule has 0 unspecified atom stereocenters. The van der Waals surface area contributed by atoms with E-state index in [1.807, 2.05) is 12.1 Å². The van der Waals surface area contributed by atoms with Crippen LogP contribution in [0.4, 0.5) is 11.4 Å². The van der Waals surface area contributed by atoms with Crippen molar-refractivity contribution in [2.45, 2.75) is 0 Å². The van der Waals surface area contributed by atoms with Crippen LogP contribution in [0.3, 0.4) is 0 Å².